The molecule has 1 aliphatic rings. The lowest BCUT2D eigenvalue weighted by Crippen LogP contribution is -2.24. The van der Waals surface area contributed by atoms with E-state index in [9.17, 15) is 4.79 Å². The van der Waals surface area contributed by atoms with E-state index in [4.69, 9.17) is 9.47 Å². The number of hydrogen-bond donors (Lipinski definition) is 2. The van der Waals surface area contributed by atoms with Crippen LogP contribution in [0.4, 0.5) is 5.69 Å². The Bertz CT molecular complexity index is 734. The normalized spacial score (nSPS) is 12.0. The zero-order valence-electron chi connectivity index (χ0n) is 14.4. The number of hydrogen-bond acceptors (Lipinski definition) is 5. The van der Waals surface area contributed by atoms with Crippen molar-refractivity contribution in [2.75, 3.05) is 18.7 Å². The van der Waals surface area contributed by atoms with Crippen LogP contribution in [0.5, 0.6) is 11.5 Å². The quantitative estimate of drug-likeness (QED) is 0.721. The lowest BCUT2D eigenvalue weighted by atomic mass is 10.2. The SMILES string of the molecule is CCCCCNC(=O)c1cncc(NCc2ccc3c(c2)OCO3)c1. The van der Waals surface area contributed by atoms with Crippen LogP contribution < -0.4 is 20.1 Å². The number of ether oxygens (including phenoxy) is 2. The predicted molar refractivity (Wildman–Crippen MR) is 96.0 cm³/mol. The number of carbonyl (C=O) groups excluding carboxylic acids is 1. The monoisotopic (exact) mass is 341 g/mol. The molecule has 1 amide bonds. The summed E-state index contributed by atoms with van der Waals surface area (Å²) in [5.74, 6) is 1.44. The van der Waals surface area contributed by atoms with Crippen molar-refractivity contribution in [1.82, 2.24) is 10.3 Å². The van der Waals surface area contributed by atoms with Gasteiger partial charge in [0.2, 0.25) is 6.79 Å². The summed E-state index contributed by atoms with van der Waals surface area (Å²) in [6.07, 6.45) is 6.55. The minimum absolute atomic E-state index is 0.0877. The minimum Gasteiger partial charge on any atom is -0.454 e. The van der Waals surface area contributed by atoms with Crippen LogP contribution in [0, 0.1) is 0 Å². The molecule has 2 aromatic rings. The van der Waals surface area contributed by atoms with Gasteiger partial charge >= 0.3 is 0 Å². The highest BCUT2D eigenvalue weighted by molar-refractivity contribution is 5.94. The van der Waals surface area contributed by atoms with Crippen molar-refractivity contribution < 1.29 is 14.3 Å². The van der Waals surface area contributed by atoms with Gasteiger partial charge in [-0.1, -0.05) is 25.8 Å². The van der Waals surface area contributed by atoms with Crippen molar-refractivity contribution >= 4 is 11.6 Å². The van der Waals surface area contributed by atoms with Crippen molar-refractivity contribution in [2.24, 2.45) is 0 Å². The zero-order valence-corrected chi connectivity index (χ0v) is 14.4. The van der Waals surface area contributed by atoms with E-state index in [2.05, 4.69) is 22.5 Å². The highest BCUT2D eigenvalue weighted by atomic mass is 16.7. The van der Waals surface area contributed by atoms with E-state index in [0.717, 1.165) is 42.0 Å². The molecule has 0 radical (unpaired) electrons. The molecule has 1 aromatic carbocycles. The van der Waals surface area contributed by atoms with Gasteiger partial charge in [0.25, 0.3) is 5.91 Å². The Morgan fingerprint density at radius 3 is 2.92 bits per heavy atom. The number of fused-ring (bicyclic) bond motifs is 1. The van der Waals surface area contributed by atoms with Gasteiger partial charge < -0.3 is 20.1 Å². The Hall–Kier alpha value is -2.76. The van der Waals surface area contributed by atoms with Crippen LogP contribution in [0.1, 0.15) is 42.1 Å². The fraction of sp³-hybridized carbons (Fsp3) is 0.368. The number of aromatic nitrogens is 1. The van der Waals surface area contributed by atoms with Crippen LogP contribution in [0.25, 0.3) is 0 Å². The summed E-state index contributed by atoms with van der Waals surface area (Å²) in [7, 11) is 0. The van der Waals surface area contributed by atoms with Gasteiger partial charge in [-0.3, -0.25) is 9.78 Å². The van der Waals surface area contributed by atoms with Gasteiger partial charge in [-0.05, 0) is 30.2 Å². The summed E-state index contributed by atoms with van der Waals surface area (Å²) >= 11 is 0. The largest absolute Gasteiger partial charge is 0.454 e. The molecule has 6 heteroatoms. The van der Waals surface area contributed by atoms with E-state index in [1.165, 1.54) is 0 Å². The van der Waals surface area contributed by atoms with E-state index in [0.29, 0.717) is 18.7 Å². The van der Waals surface area contributed by atoms with Gasteiger partial charge in [-0.2, -0.15) is 0 Å². The number of nitrogens with zero attached hydrogens (tertiary/aromatic N) is 1. The molecule has 0 aliphatic carbocycles. The molecule has 6 nitrogen and oxygen atoms in total. The van der Waals surface area contributed by atoms with Gasteiger partial charge in [0, 0.05) is 25.5 Å². The molecule has 0 spiro atoms. The predicted octanol–water partition coefficient (Wildman–Crippen LogP) is 3.34. The molecule has 0 saturated heterocycles. The number of nitrogens with one attached hydrogen (secondary N) is 2. The van der Waals surface area contributed by atoms with Crippen LogP contribution >= 0.6 is 0 Å². The first-order valence-corrected chi connectivity index (χ1v) is 8.62. The van der Waals surface area contributed by atoms with Gasteiger partial charge in [-0.25, -0.2) is 0 Å². The van der Waals surface area contributed by atoms with Gasteiger partial charge in [0.1, 0.15) is 0 Å². The number of benzene rings is 1. The number of amides is 1. The minimum atomic E-state index is -0.0877. The smallest absolute Gasteiger partial charge is 0.252 e. The fourth-order valence-electron chi connectivity index (χ4n) is 2.59. The second-order valence-electron chi connectivity index (χ2n) is 5.97. The van der Waals surface area contributed by atoms with E-state index in [1.54, 1.807) is 12.4 Å². The molecule has 25 heavy (non-hydrogen) atoms. The average Bonchev–Trinajstić information content (AvgIpc) is 3.11. The summed E-state index contributed by atoms with van der Waals surface area (Å²) in [4.78, 5) is 16.3. The molecule has 1 aliphatic heterocycles. The second-order valence-corrected chi connectivity index (χ2v) is 5.97. The summed E-state index contributed by atoms with van der Waals surface area (Å²) in [5.41, 5.74) is 2.43. The van der Waals surface area contributed by atoms with Crippen molar-refractivity contribution in [1.29, 1.82) is 0 Å². The maximum atomic E-state index is 12.2. The van der Waals surface area contributed by atoms with Crippen LogP contribution in [0.15, 0.2) is 36.7 Å². The van der Waals surface area contributed by atoms with Gasteiger partial charge in [0.05, 0.1) is 11.3 Å². The van der Waals surface area contributed by atoms with Crippen LogP contribution in [0.2, 0.25) is 0 Å². The average molecular weight is 341 g/mol. The van der Waals surface area contributed by atoms with E-state index >= 15 is 0 Å². The van der Waals surface area contributed by atoms with Crippen molar-refractivity contribution in [3.8, 4) is 11.5 Å². The Morgan fingerprint density at radius 1 is 1.16 bits per heavy atom. The topological polar surface area (TPSA) is 72.5 Å². The third-order valence-corrected chi connectivity index (χ3v) is 4.00. The fourth-order valence-corrected chi connectivity index (χ4v) is 2.59. The molecule has 0 atom stereocenters. The molecule has 1 aromatic heterocycles. The molecular weight excluding hydrogens is 318 g/mol. The Labute approximate surface area is 147 Å². The number of unbranched alkanes of at least 4 members (excludes halogenated alkanes) is 2. The maximum Gasteiger partial charge on any atom is 0.252 e. The highest BCUT2D eigenvalue weighted by Crippen LogP contribution is 2.32. The first kappa shape index (κ1) is 17.1. The van der Waals surface area contributed by atoms with Crippen LogP contribution in [-0.4, -0.2) is 24.2 Å². The first-order chi connectivity index (χ1) is 12.3. The van der Waals surface area contributed by atoms with Gasteiger partial charge in [-0.15, -0.1) is 0 Å². The van der Waals surface area contributed by atoms with E-state index in [1.807, 2.05) is 24.3 Å². The lowest BCUT2D eigenvalue weighted by molar-refractivity contribution is 0.0952. The molecule has 132 valence electrons. The van der Waals surface area contributed by atoms with Gasteiger partial charge in [0.15, 0.2) is 11.5 Å². The standard InChI is InChI=1S/C19H23N3O3/c1-2-3-4-7-21-19(23)15-9-16(12-20-11-15)22-10-14-5-6-17-18(8-14)25-13-24-17/h5-6,8-9,11-12,22H,2-4,7,10,13H2,1H3,(H,21,23). The maximum absolute atomic E-state index is 12.2. The lowest BCUT2D eigenvalue weighted by Gasteiger charge is -2.09. The number of pyridine rings is 1. The third-order valence-electron chi connectivity index (χ3n) is 4.00. The second kappa shape index (κ2) is 8.37. The van der Waals surface area contributed by atoms with Crippen LogP contribution in [0.3, 0.4) is 0 Å². The Morgan fingerprint density at radius 2 is 2.04 bits per heavy atom. The number of carbonyl (C=O) groups is 1. The molecule has 0 saturated carbocycles. The van der Waals surface area contributed by atoms with Crippen molar-refractivity contribution in [3.05, 3.63) is 47.8 Å². The molecule has 3 rings (SSSR count). The number of rotatable bonds is 8. The van der Waals surface area contributed by atoms with E-state index < -0.39 is 0 Å². The Balaban J connectivity index is 1.55. The molecule has 0 fully saturated rings. The molecule has 2 heterocycles. The number of anilines is 1. The summed E-state index contributed by atoms with van der Waals surface area (Å²) in [6.45, 7) is 3.72. The molecular formula is C19H23N3O3. The van der Waals surface area contributed by atoms with Crippen molar-refractivity contribution in [3.63, 3.8) is 0 Å². The summed E-state index contributed by atoms with van der Waals surface area (Å²) < 4.78 is 10.7. The zero-order chi connectivity index (χ0) is 17.5. The summed E-state index contributed by atoms with van der Waals surface area (Å²) in [5, 5.41) is 6.21. The summed E-state index contributed by atoms with van der Waals surface area (Å²) in [6, 6.07) is 7.65. The molecule has 0 unspecified atom stereocenters. The van der Waals surface area contributed by atoms with E-state index in [-0.39, 0.29) is 12.7 Å². The third kappa shape index (κ3) is 4.62. The van der Waals surface area contributed by atoms with Crippen molar-refractivity contribution in [2.45, 2.75) is 32.7 Å². The Kier molecular flexibility index (Phi) is 5.72. The van der Waals surface area contributed by atoms with Crippen LogP contribution in [-0.2, 0) is 6.54 Å². The first-order valence-electron chi connectivity index (χ1n) is 8.62. The highest BCUT2D eigenvalue weighted by Gasteiger charge is 2.13. The molecule has 2 N–H and O–H groups in total. The molecule has 0 bridgehead atoms.